The van der Waals surface area contributed by atoms with E-state index in [9.17, 15) is 20.1 Å². The van der Waals surface area contributed by atoms with Crippen LogP contribution in [0.3, 0.4) is 0 Å². The fourth-order valence-corrected chi connectivity index (χ4v) is 2.93. The Kier molecular flexibility index (Phi) is 5.05. The van der Waals surface area contributed by atoms with Crippen LogP contribution in [0.15, 0.2) is 22.1 Å². The molecule has 5 N–H and O–H groups in total. The molecule has 0 saturated carbocycles. The third-order valence-electron chi connectivity index (χ3n) is 4.61. The van der Waals surface area contributed by atoms with Crippen LogP contribution in [-0.4, -0.2) is 76.0 Å². The lowest BCUT2D eigenvalue weighted by molar-refractivity contribution is -0.114. The minimum absolute atomic E-state index is 0.0851. The van der Waals surface area contributed by atoms with Crippen LogP contribution in [0.1, 0.15) is 11.1 Å². The van der Waals surface area contributed by atoms with Crippen molar-refractivity contribution in [3.05, 3.63) is 23.3 Å². The van der Waals surface area contributed by atoms with Gasteiger partial charge in [0.15, 0.2) is 11.5 Å². The molecular formula is C17H22N4O5. The lowest BCUT2D eigenvalue weighted by Crippen LogP contribution is -2.54. The Balaban J connectivity index is 2.03. The van der Waals surface area contributed by atoms with Gasteiger partial charge in [-0.05, 0) is 37.1 Å². The van der Waals surface area contributed by atoms with E-state index in [4.69, 9.17) is 5.11 Å². The van der Waals surface area contributed by atoms with Gasteiger partial charge in [-0.2, -0.15) is 0 Å². The molecule has 0 aromatic heterocycles. The number of nitrogens with one attached hydrogen (secondary N) is 1. The van der Waals surface area contributed by atoms with Crippen LogP contribution >= 0.6 is 0 Å². The topological polar surface area (TPSA) is 138 Å². The number of nitrogens with zero attached hydrogens (tertiary/aromatic N) is 3. The van der Waals surface area contributed by atoms with Crippen LogP contribution < -0.4 is 10.2 Å². The lowest BCUT2D eigenvalue weighted by Gasteiger charge is -2.35. The zero-order valence-electron chi connectivity index (χ0n) is 14.5. The number of amides is 1. The first-order valence-corrected chi connectivity index (χ1v) is 8.29. The first kappa shape index (κ1) is 18.5. The van der Waals surface area contributed by atoms with Crippen molar-refractivity contribution in [1.29, 1.82) is 0 Å². The fraction of sp³-hybridized carbons (Fsp3) is 0.471. The zero-order valence-corrected chi connectivity index (χ0v) is 14.5. The van der Waals surface area contributed by atoms with E-state index in [1.807, 2.05) is 26.0 Å². The molecule has 1 aromatic carbocycles. The second kappa shape index (κ2) is 7.12. The van der Waals surface area contributed by atoms with Crippen LogP contribution in [0.4, 0.5) is 11.4 Å². The summed E-state index contributed by atoms with van der Waals surface area (Å²) in [7, 11) is 0. The Morgan fingerprint density at radius 3 is 2.58 bits per heavy atom. The van der Waals surface area contributed by atoms with Gasteiger partial charge in [-0.15, -0.1) is 0 Å². The first-order chi connectivity index (χ1) is 12.3. The van der Waals surface area contributed by atoms with Crippen molar-refractivity contribution in [2.24, 2.45) is 9.98 Å². The van der Waals surface area contributed by atoms with Crippen LogP contribution in [0.2, 0.25) is 0 Å². The molecule has 2 aliphatic heterocycles. The van der Waals surface area contributed by atoms with E-state index in [0.29, 0.717) is 17.2 Å². The van der Waals surface area contributed by atoms with E-state index < -0.39 is 24.9 Å². The Morgan fingerprint density at radius 1 is 1.19 bits per heavy atom. The summed E-state index contributed by atoms with van der Waals surface area (Å²) >= 11 is 0. The largest absolute Gasteiger partial charge is 0.394 e. The number of benzene rings is 1. The standard InChI is InChI=1S/C17H22N4O5/c1-8-3-10-11(4-9(8)2)21(5-12(23)15(25)13(24)6-22)16-14(20-10)17(26)19-7-18-16/h3-4,12-13,15,22-25H,5-7H2,1-2H3,(H,19,26). The minimum Gasteiger partial charge on any atom is -0.394 e. The molecule has 140 valence electrons. The Bertz CT molecular complexity index is 792. The molecule has 0 radical (unpaired) electrons. The zero-order chi connectivity index (χ0) is 19.0. The minimum atomic E-state index is -1.55. The van der Waals surface area contributed by atoms with E-state index in [0.717, 1.165) is 11.1 Å². The number of carbonyl (C=O) groups excluding carboxylic acids is 1. The third kappa shape index (κ3) is 3.21. The molecule has 0 fully saturated rings. The van der Waals surface area contributed by atoms with Crippen LogP contribution in [0.25, 0.3) is 0 Å². The van der Waals surface area contributed by atoms with Crippen LogP contribution in [0.5, 0.6) is 0 Å². The average Bonchev–Trinajstić information content (AvgIpc) is 2.62. The number of aliphatic hydroxyl groups is 4. The van der Waals surface area contributed by atoms with Crippen molar-refractivity contribution < 1.29 is 25.2 Å². The number of amidine groups is 1. The number of fused-ring (bicyclic) bond motifs is 2. The van der Waals surface area contributed by atoms with Crippen molar-refractivity contribution in [2.75, 3.05) is 24.7 Å². The lowest BCUT2D eigenvalue weighted by atomic mass is 10.0. The monoisotopic (exact) mass is 362 g/mol. The Labute approximate surface area is 150 Å². The van der Waals surface area contributed by atoms with Crippen LogP contribution in [-0.2, 0) is 4.79 Å². The Morgan fingerprint density at radius 2 is 1.88 bits per heavy atom. The molecule has 0 saturated heterocycles. The normalized spacial score (nSPS) is 19.6. The summed E-state index contributed by atoms with van der Waals surface area (Å²) in [6.07, 6.45) is -4.40. The summed E-state index contributed by atoms with van der Waals surface area (Å²) in [6, 6.07) is 3.72. The predicted octanol–water partition coefficient (Wildman–Crippen LogP) is -1.24. The van der Waals surface area contributed by atoms with Crippen molar-refractivity contribution in [2.45, 2.75) is 32.2 Å². The van der Waals surface area contributed by atoms with Gasteiger partial charge in [0.2, 0.25) is 0 Å². The quantitative estimate of drug-likeness (QED) is 0.444. The highest BCUT2D eigenvalue weighted by molar-refractivity contribution is 6.70. The van der Waals surface area contributed by atoms with E-state index in [1.165, 1.54) is 0 Å². The highest BCUT2D eigenvalue weighted by Gasteiger charge is 2.36. The molecule has 0 spiro atoms. The van der Waals surface area contributed by atoms with E-state index in [-0.39, 0.29) is 24.8 Å². The maximum atomic E-state index is 12.2. The molecule has 1 amide bonds. The predicted molar refractivity (Wildman–Crippen MR) is 95.9 cm³/mol. The highest BCUT2D eigenvalue weighted by Crippen LogP contribution is 2.36. The molecule has 2 aliphatic rings. The summed E-state index contributed by atoms with van der Waals surface area (Å²) in [5.41, 5.74) is 3.34. The summed E-state index contributed by atoms with van der Waals surface area (Å²) in [4.78, 5) is 22.5. The molecule has 3 unspecified atom stereocenters. The molecule has 0 bridgehead atoms. The van der Waals surface area contributed by atoms with E-state index in [2.05, 4.69) is 15.3 Å². The number of anilines is 1. The van der Waals surface area contributed by atoms with E-state index in [1.54, 1.807) is 4.90 Å². The molecule has 9 nitrogen and oxygen atoms in total. The number of carbonyl (C=O) groups is 1. The smallest absolute Gasteiger partial charge is 0.275 e. The summed E-state index contributed by atoms with van der Waals surface area (Å²) < 4.78 is 0. The molecule has 2 heterocycles. The van der Waals surface area contributed by atoms with Crippen molar-refractivity contribution in [1.82, 2.24) is 5.32 Å². The van der Waals surface area contributed by atoms with E-state index >= 15 is 0 Å². The molecule has 0 aliphatic carbocycles. The molecule has 26 heavy (non-hydrogen) atoms. The van der Waals surface area contributed by atoms with Gasteiger partial charge >= 0.3 is 0 Å². The highest BCUT2D eigenvalue weighted by atomic mass is 16.4. The number of β-amino-alcohol motifs (C(OH)–C–C–N with tert-alkyl or cyclic N) is 1. The second-order valence-electron chi connectivity index (χ2n) is 6.45. The number of aryl methyl sites for hydroxylation is 2. The number of aliphatic hydroxyl groups excluding tert-OH is 4. The third-order valence-corrected chi connectivity index (χ3v) is 4.61. The van der Waals surface area contributed by atoms with Gasteiger partial charge in [0, 0.05) is 0 Å². The van der Waals surface area contributed by atoms with Gasteiger partial charge in [-0.25, -0.2) is 9.98 Å². The number of aliphatic imine (C=N–C) groups is 2. The van der Waals surface area contributed by atoms with Crippen LogP contribution in [0, 0.1) is 13.8 Å². The van der Waals surface area contributed by atoms with Gasteiger partial charge in [-0.3, -0.25) is 4.79 Å². The molecular weight excluding hydrogens is 340 g/mol. The maximum absolute atomic E-state index is 12.2. The van der Waals surface area contributed by atoms with Crippen molar-refractivity contribution in [3.8, 4) is 0 Å². The second-order valence-corrected chi connectivity index (χ2v) is 6.45. The molecule has 9 heteroatoms. The van der Waals surface area contributed by atoms with Gasteiger partial charge in [0.25, 0.3) is 5.91 Å². The molecule has 3 atom stereocenters. The van der Waals surface area contributed by atoms with Gasteiger partial charge in [-0.1, -0.05) is 0 Å². The SMILES string of the molecule is Cc1cc2c(cc1C)N(CC(O)C(O)C(O)CO)C1=NCNC(=O)C1=N2. The number of rotatable bonds is 5. The van der Waals surface area contributed by atoms with Gasteiger partial charge in [0.05, 0.1) is 24.5 Å². The van der Waals surface area contributed by atoms with Crippen molar-refractivity contribution >= 4 is 28.8 Å². The summed E-state index contributed by atoms with van der Waals surface area (Å²) in [6.45, 7) is 3.15. The maximum Gasteiger partial charge on any atom is 0.275 e. The van der Waals surface area contributed by atoms with Gasteiger partial charge < -0.3 is 30.6 Å². The summed E-state index contributed by atoms with van der Waals surface area (Å²) in [5.74, 6) is -0.0662. The summed E-state index contributed by atoms with van der Waals surface area (Å²) in [5, 5.41) is 41.4. The molecule has 1 aromatic rings. The number of hydrogen-bond acceptors (Lipinski definition) is 8. The molecule has 3 rings (SSSR count). The first-order valence-electron chi connectivity index (χ1n) is 8.29. The average molecular weight is 362 g/mol. The van der Waals surface area contributed by atoms with Crippen molar-refractivity contribution in [3.63, 3.8) is 0 Å². The fourth-order valence-electron chi connectivity index (χ4n) is 2.93. The number of hydrogen-bond donors (Lipinski definition) is 5. The van der Waals surface area contributed by atoms with Gasteiger partial charge in [0.1, 0.15) is 25.0 Å². The Hall–Kier alpha value is -2.33.